The Morgan fingerprint density at radius 3 is 3.00 bits per heavy atom. The van der Waals surface area contributed by atoms with Gasteiger partial charge in [0, 0.05) is 31.6 Å². The average Bonchev–Trinajstić information content (AvgIpc) is 2.38. The van der Waals surface area contributed by atoms with Crippen LogP contribution in [-0.2, 0) is 13.0 Å². The van der Waals surface area contributed by atoms with Gasteiger partial charge < -0.3 is 10.6 Å². The van der Waals surface area contributed by atoms with E-state index in [9.17, 15) is 0 Å². The summed E-state index contributed by atoms with van der Waals surface area (Å²) in [6, 6.07) is 2.03. The molecule has 1 aromatic heterocycles. The van der Waals surface area contributed by atoms with E-state index in [1.54, 1.807) is 0 Å². The van der Waals surface area contributed by atoms with Crippen LogP contribution < -0.4 is 10.6 Å². The van der Waals surface area contributed by atoms with E-state index >= 15 is 0 Å². The number of hydrogen-bond donors (Lipinski definition) is 2. The predicted molar refractivity (Wildman–Crippen MR) is 70.1 cm³/mol. The molecule has 0 unspecified atom stereocenters. The molecule has 2 heterocycles. The highest BCUT2D eigenvalue weighted by Gasteiger charge is 2.17. The van der Waals surface area contributed by atoms with Crippen LogP contribution in [0.3, 0.4) is 0 Å². The second-order valence-corrected chi connectivity index (χ2v) is 4.97. The first-order valence-corrected chi connectivity index (χ1v) is 6.45. The minimum atomic E-state index is 0.266. The Morgan fingerprint density at radius 2 is 2.28 bits per heavy atom. The number of fused-ring (bicyclic) bond motifs is 1. The molecule has 1 aromatic rings. The number of nitriles is 1. The summed E-state index contributed by atoms with van der Waals surface area (Å²) in [6.45, 7) is 6.97. The third-order valence-electron chi connectivity index (χ3n) is 3.05. The zero-order chi connectivity index (χ0) is 13.0. The molecule has 0 saturated heterocycles. The molecule has 0 atom stereocenters. The fourth-order valence-corrected chi connectivity index (χ4v) is 2.02. The lowest BCUT2D eigenvalue weighted by atomic mass is 10.1. The van der Waals surface area contributed by atoms with Gasteiger partial charge in [0.15, 0.2) is 0 Å². The van der Waals surface area contributed by atoms with Gasteiger partial charge in [0.25, 0.3) is 0 Å². The summed E-state index contributed by atoms with van der Waals surface area (Å²) in [6.07, 6.45) is 1.96. The molecular weight excluding hydrogens is 226 g/mol. The van der Waals surface area contributed by atoms with Crippen LogP contribution in [0.15, 0.2) is 0 Å². The number of nitrogens with zero attached hydrogens (tertiary/aromatic N) is 3. The Morgan fingerprint density at radius 1 is 1.44 bits per heavy atom. The van der Waals surface area contributed by atoms with Gasteiger partial charge in [-0.3, -0.25) is 0 Å². The van der Waals surface area contributed by atoms with Gasteiger partial charge in [-0.2, -0.15) is 5.26 Å². The molecule has 0 fully saturated rings. The molecule has 2 rings (SSSR count). The van der Waals surface area contributed by atoms with E-state index in [2.05, 4.69) is 34.4 Å². The smallest absolute Gasteiger partial charge is 0.234 e. The lowest BCUT2D eigenvalue weighted by molar-refractivity contribution is 0.602. The quantitative estimate of drug-likeness (QED) is 0.840. The Kier molecular flexibility index (Phi) is 4.11. The van der Waals surface area contributed by atoms with E-state index in [0.717, 1.165) is 49.6 Å². The molecule has 0 aromatic carbocycles. The van der Waals surface area contributed by atoms with Crippen LogP contribution in [0.5, 0.6) is 0 Å². The van der Waals surface area contributed by atoms with E-state index in [4.69, 9.17) is 5.26 Å². The number of anilines is 1. The first kappa shape index (κ1) is 12.8. The summed E-state index contributed by atoms with van der Waals surface area (Å²) in [5, 5.41) is 15.6. The van der Waals surface area contributed by atoms with E-state index in [1.165, 1.54) is 0 Å². The average molecular weight is 245 g/mol. The molecular formula is C13H19N5. The highest BCUT2D eigenvalue weighted by molar-refractivity contribution is 5.48. The van der Waals surface area contributed by atoms with Gasteiger partial charge in [0.2, 0.25) is 5.82 Å². The molecule has 0 saturated carbocycles. The fourth-order valence-electron chi connectivity index (χ4n) is 2.02. The van der Waals surface area contributed by atoms with Crippen molar-refractivity contribution < 1.29 is 0 Å². The van der Waals surface area contributed by atoms with Crippen LogP contribution >= 0.6 is 0 Å². The molecule has 0 bridgehead atoms. The van der Waals surface area contributed by atoms with Crippen molar-refractivity contribution in [2.24, 2.45) is 5.92 Å². The fraction of sp³-hybridized carbons (Fsp3) is 0.615. The van der Waals surface area contributed by atoms with E-state index in [1.807, 2.05) is 6.07 Å². The van der Waals surface area contributed by atoms with Gasteiger partial charge in [-0.15, -0.1) is 0 Å². The van der Waals surface area contributed by atoms with Crippen molar-refractivity contribution in [3.8, 4) is 6.07 Å². The first-order valence-electron chi connectivity index (χ1n) is 6.45. The summed E-state index contributed by atoms with van der Waals surface area (Å²) in [5.41, 5.74) is 2.12. The molecule has 18 heavy (non-hydrogen) atoms. The van der Waals surface area contributed by atoms with Crippen LogP contribution in [0.1, 0.15) is 37.4 Å². The molecule has 0 aliphatic carbocycles. The molecule has 1 aliphatic rings. The first-order chi connectivity index (χ1) is 8.70. The minimum Gasteiger partial charge on any atom is -0.370 e. The maximum atomic E-state index is 8.96. The van der Waals surface area contributed by atoms with Crippen molar-refractivity contribution in [3.05, 3.63) is 17.1 Å². The lowest BCUT2D eigenvalue weighted by Crippen LogP contribution is -2.27. The minimum absolute atomic E-state index is 0.266. The van der Waals surface area contributed by atoms with Gasteiger partial charge in [0.05, 0.1) is 5.69 Å². The number of nitrogens with one attached hydrogen (secondary N) is 2. The van der Waals surface area contributed by atoms with E-state index in [0.29, 0.717) is 5.92 Å². The second kappa shape index (κ2) is 5.78. The zero-order valence-corrected chi connectivity index (χ0v) is 11.0. The van der Waals surface area contributed by atoms with Crippen molar-refractivity contribution >= 4 is 5.82 Å². The summed E-state index contributed by atoms with van der Waals surface area (Å²) in [5.74, 6) is 1.75. The highest BCUT2D eigenvalue weighted by Crippen LogP contribution is 2.20. The van der Waals surface area contributed by atoms with Crippen molar-refractivity contribution in [3.63, 3.8) is 0 Å². The van der Waals surface area contributed by atoms with E-state index < -0.39 is 0 Å². The number of hydrogen-bond acceptors (Lipinski definition) is 5. The Hall–Kier alpha value is -1.67. The maximum Gasteiger partial charge on any atom is 0.234 e. The standard InChI is InChI=1S/C13H19N5/c1-9(2)3-6-16-13-10-8-15-5-4-11(10)17-12(7-14)18-13/h9,15H,3-6,8H2,1-2H3,(H,16,17,18). The zero-order valence-electron chi connectivity index (χ0n) is 11.0. The lowest BCUT2D eigenvalue weighted by Gasteiger charge is -2.19. The van der Waals surface area contributed by atoms with Crippen LogP contribution in [0.25, 0.3) is 0 Å². The van der Waals surface area contributed by atoms with Gasteiger partial charge in [-0.25, -0.2) is 9.97 Å². The van der Waals surface area contributed by atoms with Crippen molar-refractivity contribution in [2.45, 2.75) is 33.2 Å². The largest absolute Gasteiger partial charge is 0.370 e. The number of rotatable bonds is 4. The van der Waals surface area contributed by atoms with Crippen LogP contribution in [0, 0.1) is 17.2 Å². The Bertz CT molecular complexity index is 461. The topological polar surface area (TPSA) is 73.6 Å². The number of aromatic nitrogens is 2. The Balaban J connectivity index is 2.19. The molecule has 0 radical (unpaired) electrons. The second-order valence-electron chi connectivity index (χ2n) is 4.97. The molecule has 2 N–H and O–H groups in total. The predicted octanol–water partition coefficient (Wildman–Crippen LogP) is 1.45. The summed E-state index contributed by atoms with van der Waals surface area (Å²) in [4.78, 5) is 8.56. The van der Waals surface area contributed by atoms with Crippen molar-refractivity contribution in [2.75, 3.05) is 18.4 Å². The monoisotopic (exact) mass is 245 g/mol. The van der Waals surface area contributed by atoms with E-state index in [-0.39, 0.29) is 5.82 Å². The normalized spacial score (nSPS) is 14.1. The Labute approximate surface area is 108 Å². The SMILES string of the molecule is CC(C)CCNc1nc(C#N)nc2c1CNCC2. The van der Waals surface area contributed by atoms with Crippen LogP contribution in [0.4, 0.5) is 5.82 Å². The van der Waals surface area contributed by atoms with Crippen molar-refractivity contribution in [1.29, 1.82) is 5.26 Å². The highest BCUT2D eigenvalue weighted by atomic mass is 15.1. The van der Waals surface area contributed by atoms with Gasteiger partial charge in [0.1, 0.15) is 11.9 Å². The molecule has 0 amide bonds. The maximum absolute atomic E-state index is 8.96. The van der Waals surface area contributed by atoms with Crippen LogP contribution in [0.2, 0.25) is 0 Å². The molecule has 5 heteroatoms. The molecule has 96 valence electrons. The van der Waals surface area contributed by atoms with Gasteiger partial charge in [-0.05, 0) is 12.3 Å². The van der Waals surface area contributed by atoms with Gasteiger partial charge >= 0.3 is 0 Å². The summed E-state index contributed by atoms with van der Waals surface area (Å²) in [7, 11) is 0. The third kappa shape index (κ3) is 2.96. The van der Waals surface area contributed by atoms with Crippen LogP contribution in [-0.4, -0.2) is 23.1 Å². The summed E-state index contributed by atoms with van der Waals surface area (Å²) >= 11 is 0. The molecule has 5 nitrogen and oxygen atoms in total. The summed E-state index contributed by atoms with van der Waals surface area (Å²) < 4.78 is 0. The van der Waals surface area contributed by atoms with Crippen molar-refractivity contribution in [1.82, 2.24) is 15.3 Å². The molecule has 1 aliphatic heterocycles. The molecule has 0 spiro atoms. The van der Waals surface area contributed by atoms with Gasteiger partial charge in [-0.1, -0.05) is 13.8 Å². The third-order valence-corrected chi connectivity index (χ3v) is 3.05.